The topological polar surface area (TPSA) is 109 Å². The first-order valence-electron chi connectivity index (χ1n) is 10.8. The van der Waals surface area contributed by atoms with Crippen LogP contribution >= 0.6 is 11.6 Å². The Bertz CT molecular complexity index is 1580. The summed E-state index contributed by atoms with van der Waals surface area (Å²) in [6.45, 7) is 3.98. The van der Waals surface area contributed by atoms with Crippen LogP contribution in [-0.4, -0.2) is 54.3 Å². The normalized spacial score (nSPS) is 14.4. The van der Waals surface area contributed by atoms with E-state index in [0.29, 0.717) is 39.8 Å². The predicted octanol–water partition coefficient (Wildman–Crippen LogP) is 4.50. The van der Waals surface area contributed by atoms with Crippen LogP contribution in [-0.2, 0) is 0 Å². The zero-order chi connectivity index (χ0) is 23.2. The maximum absolute atomic E-state index is 8.81. The van der Waals surface area contributed by atoms with Crippen LogP contribution in [0.25, 0.3) is 33.3 Å². The average Bonchev–Trinajstić information content (AvgIpc) is 3.43. The number of halogens is 1. The van der Waals surface area contributed by atoms with E-state index >= 15 is 0 Å². The Hall–Kier alpha value is -4.00. The number of aryl methyl sites for hydroxylation is 1. The minimum Gasteiger partial charge on any atom is -0.456 e. The molecule has 9 nitrogen and oxygen atoms in total. The summed E-state index contributed by atoms with van der Waals surface area (Å²) in [5.41, 5.74) is 4.56. The molecule has 10 heteroatoms. The monoisotopic (exact) mass is 470 g/mol. The van der Waals surface area contributed by atoms with Crippen LogP contribution in [0.3, 0.4) is 0 Å². The van der Waals surface area contributed by atoms with Gasteiger partial charge in [0.2, 0.25) is 0 Å². The number of benzene rings is 2. The van der Waals surface area contributed by atoms with Gasteiger partial charge in [-0.05, 0) is 31.2 Å². The number of aromatic amines is 1. The van der Waals surface area contributed by atoms with E-state index in [2.05, 4.69) is 31.0 Å². The second kappa shape index (κ2) is 8.09. The zero-order valence-electron chi connectivity index (χ0n) is 18.2. The van der Waals surface area contributed by atoms with Gasteiger partial charge in [-0.2, -0.15) is 10.4 Å². The Balaban J connectivity index is 1.28. The molecule has 1 fully saturated rings. The second-order valence-corrected chi connectivity index (χ2v) is 8.70. The van der Waals surface area contributed by atoms with Gasteiger partial charge in [-0.1, -0.05) is 11.6 Å². The molecule has 0 spiro atoms. The van der Waals surface area contributed by atoms with Crippen LogP contribution in [0.5, 0.6) is 11.5 Å². The Morgan fingerprint density at radius 1 is 1.18 bits per heavy atom. The molecule has 0 radical (unpaired) electrons. The highest BCUT2D eigenvalue weighted by Crippen LogP contribution is 2.35. The van der Waals surface area contributed by atoms with E-state index in [1.807, 2.05) is 42.1 Å². The van der Waals surface area contributed by atoms with Gasteiger partial charge in [-0.15, -0.1) is 0 Å². The fourth-order valence-electron chi connectivity index (χ4n) is 4.16. The average molecular weight is 471 g/mol. The van der Waals surface area contributed by atoms with Gasteiger partial charge in [0, 0.05) is 30.9 Å². The number of hydrogen-bond acceptors (Lipinski definition) is 7. The van der Waals surface area contributed by atoms with Crippen molar-refractivity contribution in [1.29, 1.82) is 5.26 Å². The third-order valence-electron chi connectivity index (χ3n) is 5.92. The highest BCUT2D eigenvalue weighted by atomic mass is 35.5. The van der Waals surface area contributed by atoms with Crippen LogP contribution in [0, 0.1) is 18.3 Å². The molecule has 0 unspecified atom stereocenters. The van der Waals surface area contributed by atoms with Gasteiger partial charge >= 0.3 is 0 Å². The minimum absolute atomic E-state index is 0.259. The molecule has 0 saturated carbocycles. The van der Waals surface area contributed by atoms with Crippen molar-refractivity contribution in [2.75, 3.05) is 19.6 Å². The fourth-order valence-corrected chi connectivity index (χ4v) is 4.40. The summed E-state index contributed by atoms with van der Waals surface area (Å²) in [7, 11) is 0. The molecular formula is C24H19ClN8O. The maximum Gasteiger partial charge on any atom is 0.148 e. The highest BCUT2D eigenvalue weighted by molar-refractivity contribution is 6.36. The predicted molar refractivity (Wildman–Crippen MR) is 128 cm³/mol. The number of rotatable bonds is 5. The number of imidazole rings is 1. The molecule has 6 rings (SSSR count). The van der Waals surface area contributed by atoms with E-state index in [0.717, 1.165) is 35.5 Å². The molecule has 0 aliphatic carbocycles. The number of nitrogens with one attached hydrogen (secondary N) is 1. The summed E-state index contributed by atoms with van der Waals surface area (Å²) in [6, 6.07) is 11.7. The number of nitrogens with zero attached hydrogens (tertiary/aromatic N) is 7. The van der Waals surface area contributed by atoms with E-state index < -0.39 is 0 Å². The van der Waals surface area contributed by atoms with Crippen LogP contribution in [0.15, 0.2) is 48.9 Å². The summed E-state index contributed by atoms with van der Waals surface area (Å²) in [5, 5.41) is 13.7. The largest absolute Gasteiger partial charge is 0.456 e. The number of likely N-dealkylation sites (tertiary alicyclic amines) is 1. The SMILES string of the molecule is Cc1nc2ccc(Oc3ccc4ncc(-c5cnn(C6CN(CC#N)C6)c5)nc4c3Cl)cc2[nH]1. The molecule has 4 heterocycles. The third kappa shape index (κ3) is 3.63. The van der Waals surface area contributed by atoms with Crippen molar-refractivity contribution in [2.45, 2.75) is 13.0 Å². The molecule has 1 aliphatic rings. The number of aromatic nitrogens is 6. The molecule has 0 bridgehead atoms. The van der Waals surface area contributed by atoms with Crippen molar-refractivity contribution in [3.8, 4) is 28.8 Å². The van der Waals surface area contributed by atoms with Crippen LogP contribution in [0.1, 0.15) is 11.9 Å². The van der Waals surface area contributed by atoms with Crippen LogP contribution < -0.4 is 4.74 Å². The van der Waals surface area contributed by atoms with Crippen molar-refractivity contribution in [3.63, 3.8) is 0 Å². The molecule has 168 valence electrons. The van der Waals surface area contributed by atoms with Crippen molar-refractivity contribution in [2.24, 2.45) is 0 Å². The Morgan fingerprint density at radius 3 is 2.88 bits per heavy atom. The molecule has 34 heavy (non-hydrogen) atoms. The fraction of sp³-hybridized carbons (Fsp3) is 0.208. The Labute approximate surface area is 199 Å². The lowest BCUT2D eigenvalue weighted by Crippen LogP contribution is -2.47. The van der Waals surface area contributed by atoms with Crippen molar-refractivity contribution in [1.82, 2.24) is 34.6 Å². The van der Waals surface area contributed by atoms with Crippen LogP contribution in [0.4, 0.5) is 0 Å². The van der Waals surface area contributed by atoms with Gasteiger partial charge < -0.3 is 9.72 Å². The van der Waals surface area contributed by atoms with E-state index in [1.165, 1.54) is 0 Å². The van der Waals surface area contributed by atoms with E-state index in [-0.39, 0.29) is 6.04 Å². The second-order valence-electron chi connectivity index (χ2n) is 8.32. The number of H-pyrrole nitrogens is 1. The lowest BCUT2D eigenvalue weighted by atomic mass is 10.1. The lowest BCUT2D eigenvalue weighted by molar-refractivity contribution is 0.115. The van der Waals surface area contributed by atoms with Crippen molar-refractivity contribution < 1.29 is 4.74 Å². The van der Waals surface area contributed by atoms with Gasteiger partial charge in [0.1, 0.15) is 27.9 Å². The zero-order valence-corrected chi connectivity index (χ0v) is 19.0. The number of nitriles is 1. The molecule has 5 aromatic rings. The van der Waals surface area contributed by atoms with Crippen molar-refractivity contribution >= 4 is 33.7 Å². The van der Waals surface area contributed by atoms with Gasteiger partial charge in [0.15, 0.2) is 0 Å². The summed E-state index contributed by atoms with van der Waals surface area (Å²) >= 11 is 6.71. The van der Waals surface area contributed by atoms with Gasteiger partial charge in [0.05, 0.1) is 53.3 Å². The molecule has 3 aromatic heterocycles. The van der Waals surface area contributed by atoms with E-state index in [9.17, 15) is 0 Å². The summed E-state index contributed by atoms with van der Waals surface area (Å²) in [5.74, 6) is 1.99. The van der Waals surface area contributed by atoms with Gasteiger partial charge in [-0.25, -0.2) is 9.97 Å². The Kier molecular flexibility index (Phi) is 4.90. The molecular weight excluding hydrogens is 452 g/mol. The molecule has 2 aromatic carbocycles. The highest BCUT2D eigenvalue weighted by Gasteiger charge is 2.28. The standard InChI is InChI=1S/C24H19ClN8O/c1-14-29-18-3-2-17(8-20(18)30-14)34-22-5-4-19-24(23(22)25)31-21(10-27-19)15-9-28-33(11-15)16-12-32(13-16)7-6-26/h2-5,8-11,16H,7,12-13H2,1H3,(H,29,30). The smallest absolute Gasteiger partial charge is 0.148 e. The van der Waals surface area contributed by atoms with E-state index in [4.69, 9.17) is 26.6 Å². The molecule has 1 N–H and O–H groups in total. The first-order valence-corrected chi connectivity index (χ1v) is 11.2. The molecule has 1 aliphatic heterocycles. The minimum atomic E-state index is 0.259. The van der Waals surface area contributed by atoms with Gasteiger partial charge in [0.25, 0.3) is 0 Å². The molecule has 0 amide bonds. The van der Waals surface area contributed by atoms with Gasteiger partial charge in [-0.3, -0.25) is 14.6 Å². The summed E-state index contributed by atoms with van der Waals surface area (Å²) in [6.07, 6.45) is 5.45. The third-order valence-corrected chi connectivity index (χ3v) is 6.29. The Morgan fingerprint density at radius 2 is 2.03 bits per heavy atom. The summed E-state index contributed by atoms with van der Waals surface area (Å²) < 4.78 is 8.00. The summed E-state index contributed by atoms with van der Waals surface area (Å²) in [4.78, 5) is 19.0. The quantitative estimate of drug-likeness (QED) is 0.376. The molecule has 1 saturated heterocycles. The number of hydrogen-bond donors (Lipinski definition) is 1. The van der Waals surface area contributed by atoms with Crippen LogP contribution in [0.2, 0.25) is 5.02 Å². The maximum atomic E-state index is 8.81. The number of ether oxygens (including phenoxy) is 1. The lowest BCUT2D eigenvalue weighted by Gasteiger charge is -2.37. The number of fused-ring (bicyclic) bond motifs is 2. The first kappa shape index (κ1) is 20.6. The molecule has 0 atom stereocenters. The van der Waals surface area contributed by atoms with E-state index in [1.54, 1.807) is 18.5 Å². The first-order chi connectivity index (χ1) is 16.6. The van der Waals surface area contributed by atoms with Crippen molar-refractivity contribution in [3.05, 3.63) is 59.8 Å².